The molecule has 0 radical (unpaired) electrons. The first-order valence-electron chi connectivity index (χ1n) is 5.83. The Bertz CT molecular complexity index is 635. The van der Waals surface area contributed by atoms with Crippen LogP contribution in [0.1, 0.15) is 29.4 Å². The molecule has 18 heavy (non-hydrogen) atoms. The summed E-state index contributed by atoms with van der Waals surface area (Å²) in [4.78, 5) is 0. The Hall–Kier alpha value is -1.79. The normalized spacial score (nSPS) is 10.4. The predicted molar refractivity (Wildman–Crippen MR) is 72.1 cm³/mol. The summed E-state index contributed by atoms with van der Waals surface area (Å²) in [5.74, 6) is 0. The van der Waals surface area contributed by atoms with Gasteiger partial charge in [-0.2, -0.15) is 10.4 Å². The van der Waals surface area contributed by atoms with Crippen LogP contribution in [0.5, 0.6) is 0 Å². The highest BCUT2D eigenvalue weighted by molar-refractivity contribution is 6.31. The van der Waals surface area contributed by atoms with Crippen LogP contribution < -0.4 is 0 Å². The summed E-state index contributed by atoms with van der Waals surface area (Å²) in [6, 6.07) is 7.42. The van der Waals surface area contributed by atoms with Crippen LogP contribution in [0.3, 0.4) is 0 Å². The molecule has 3 nitrogen and oxygen atoms in total. The molecule has 0 amide bonds. The lowest BCUT2D eigenvalue weighted by molar-refractivity contribution is 0.832. The Morgan fingerprint density at radius 2 is 2.11 bits per heavy atom. The van der Waals surface area contributed by atoms with E-state index in [1.165, 1.54) is 5.56 Å². The van der Waals surface area contributed by atoms with Crippen LogP contribution in [0, 0.1) is 25.2 Å². The van der Waals surface area contributed by atoms with Crippen molar-refractivity contribution >= 4 is 11.6 Å². The Balaban J connectivity index is 2.56. The first-order valence-corrected chi connectivity index (χ1v) is 6.21. The number of nitrogens with zero attached hydrogens (tertiary/aromatic N) is 3. The maximum Gasteiger partial charge on any atom is 0.101 e. The van der Waals surface area contributed by atoms with Gasteiger partial charge in [-0.25, -0.2) is 4.68 Å². The van der Waals surface area contributed by atoms with Crippen molar-refractivity contribution in [2.45, 2.75) is 27.2 Å². The van der Waals surface area contributed by atoms with Crippen LogP contribution in [-0.2, 0) is 6.42 Å². The maximum absolute atomic E-state index is 8.86. The van der Waals surface area contributed by atoms with Gasteiger partial charge in [0.15, 0.2) is 0 Å². The van der Waals surface area contributed by atoms with Gasteiger partial charge in [0, 0.05) is 5.69 Å². The van der Waals surface area contributed by atoms with Gasteiger partial charge in [-0.3, -0.25) is 0 Å². The van der Waals surface area contributed by atoms with Crippen molar-refractivity contribution in [3.8, 4) is 11.8 Å². The van der Waals surface area contributed by atoms with E-state index in [0.29, 0.717) is 10.6 Å². The zero-order valence-corrected chi connectivity index (χ0v) is 11.4. The minimum absolute atomic E-state index is 0.459. The van der Waals surface area contributed by atoms with Crippen molar-refractivity contribution in [1.82, 2.24) is 9.78 Å². The number of aryl methyl sites for hydroxylation is 1. The lowest BCUT2D eigenvalue weighted by atomic mass is 10.1. The summed E-state index contributed by atoms with van der Waals surface area (Å²) < 4.78 is 1.88. The molecule has 0 fully saturated rings. The molecule has 1 aromatic carbocycles. The van der Waals surface area contributed by atoms with E-state index in [4.69, 9.17) is 16.9 Å². The largest absolute Gasteiger partial charge is 0.238 e. The van der Waals surface area contributed by atoms with Crippen molar-refractivity contribution < 1.29 is 0 Å². The molecule has 0 N–H and O–H groups in total. The first-order chi connectivity index (χ1) is 8.58. The van der Waals surface area contributed by atoms with Gasteiger partial charge >= 0.3 is 0 Å². The van der Waals surface area contributed by atoms with Gasteiger partial charge in [-0.1, -0.05) is 18.5 Å². The van der Waals surface area contributed by atoms with E-state index in [1.54, 1.807) is 12.1 Å². The molecule has 0 saturated heterocycles. The first kappa shape index (κ1) is 12.7. The van der Waals surface area contributed by atoms with Crippen molar-refractivity contribution in [3.63, 3.8) is 0 Å². The van der Waals surface area contributed by atoms with Crippen LogP contribution >= 0.6 is 11.6 Å². The molecular weight excluding hydrogens is 246 g/mol. The molecule has 1 aromatic heterocycles. The van der Waals surface area contributed by atoms with Crippen LogP contribution in [0.4, 0.5) is 0 Å². The average molecular weight is 260 g/mol. The van der Waals surface area contributed by atoms with Gasteiger partial charge in [0.2, 0.25) is 0 Å². The zero-order chi connectivity index (χ0) is 13.3. The molecule has 2 aromatic rings. The van der Waals surface area contributed by atoms with Gasteiger partial charge < -0.3 is 0 Å². The van der Waals surface area contributed by atoms with Crippen LogP contribution in [0.25, 0.3) is 5.69 Å². The van der Waals surface area contributed by atoms with Crippen molar-refractivity contribution in [1.29, 1.82) is 5.26 Å². The SMILES string of the molecule is CCc1c(C)nn(-c2ccc(C#N)c(Cl)c2)c1C. The summed E-state index contributed by atoms with van der Waals surface area (Å²) in [7, 11) is 0. The fourth-order valence-electron chi connectivity index (χ4n) is 2.16. The molecule has 0 spiro atoms. The summed E-state index contributed by atoms with van der Waals surface area (Å²) in [6.07, 6.45) is 0.960. The molecule has 0 unspecified atom stereocenters. The third kappa shape index (κ3) is 2.00. The second kappa shape index (κ2) is 4.83. The lowest BCUT2D eigenvalue weighted by Crippen LogP contribution is -1.99. The molecule has 2 rings (SSSR count). The van der Waals surface area contributed by atoms with Gasteiger partial charge in [0.05, 0.1) is 22.0 Å². The second-order valence-electron chi connectivity index (χ2n) is 4.19. The van der Waals surface area contributed by atoms with Crippen molar-refractivity contribution in [2.75, 3.05) is 0 Å². The van der Waals surface area contributed by atoms with E-state index < -0.39 is 0 Å². The minimum Gasteiger partial charge on any atom is -0.238 e. The molecule has 4 heteroatoms. The van der Waals surface area contributed by atoms with E-state index in [2.05, 4.69) is 18.1 Å². The molecule has 0 aliphatic carbocycles. The molecule has 0 bridgehead atoms. The van der Waals surface area contributed by atoms with Crippen LogP contribution in [0.15, 0.2) is 18.2 Å². The summed E-state index contributed by atoms with van der Waals surface area (Å²) >= 11 is 6.05. The third-order valence-electron chi connectivity index (χ3n) is 3.11. The molecule has 92 valence electrons. The van der Waals surface area contributed by atoms with Gasteiger partial charge in [-0.05, 0) is 44.0 Å². The number of halogens is 1. The predicted octanol–water partition coefficient (Wildman–Crippen LogP) is 3.58. The molecule has 0 aliphatic heterocycles. The number of hydrogen-bond acceptors (Lipinski definition) is 2. The Morgan fingerprint density at radius 3 is 2.61 bits per heavy atom. The number of aromatic nitrogens is 2. The van der Waals surface area contributed by atoms with Gasteiger partial charge in [0.25, 0.3) is 0 Å². The fraction of sp³-hybridized carbons (Fsp3) is 0.286. The quantitative estimate of drug-likeness (QED) is 0.827. The highest BCUT2D eigenvalue weighted by Crippen LogP contribution is 2.23. The Morgan fingerprint density at radius 1 is 1.39 bits per heavy atom. The van der Waals surface area contributed by atoms with E-state index in [9.17, 15) is 0 Å². The minimum atomic E-state index is 0.459. The number of benzene rings is 1. The van der Waals surface area contributed by atoms with E-state index in [-0.39, 0.29) is 0 Å². The number of nitriles is 1. The Labute approximate surface area is 112 Å². The molecule has 0 aliphatic rings. The lowest BCUT2D eigenvalue weighted by Gasteiger charge is -2.06. The monoisotopic (exact) mass is 259 g/mol. The highest BCUT2D eigenvalue weighted by atomic mass is 35.5. The summed E-state index contributed by atoms with van der Waals surface area (Å²) in [5.41, 5.74) is 4.79. The number of rotatable bonds is 2. The van der Waals surface area contributed by atoms with E-state index in [0.717, 1.165) is 23.5 Å². The van der Waals surface area contributed by atoms with Crippen molar-refractivity contribution in [3.05, 3.63) is 45.7 Å². The Kier molecular flexibility index (Phi) is 3.40. The summed E-state index contributed by atoms with van der Waals surface area (Å²) in [6.45, 7) is 6.17. The third-order valence-corrected chi connectivity index (χ3v) is 3.43. The molecular formula is C14H14ClN3. The fourth-order valence-corrected chi connectivity index (χ4v) is 2.38. The molecule has 1 heterocycles. The summed E-state index contributed by atoms with van der Waals surface area (Å²) in [5, 5.41) is 13.8. The van der Waals surface area contributed by atoms with Crippen LogP contribution in [0.2, 0.25) is 5.02 Å². The standard InChI is InChI=1S/C14H14ClN3/c1-4-13-9(2)17-18(10(13)3)12-6-5-11(8-16)14(15)7-12/h5-7H,4H2,1-3H3. The second-order valence-corrected chi connectivity index (χ2v) is 4.60. The van der Waals surface area contributed by atoms with Gasteiger partial charge in [0.1, 0.15) is 6.07 Å². The van der Waals surface area contributed by atoms with Crippen LogP contribution in [-0.4, -0.2) is 9.78 Å². The van der Waals surface area contributed by atoms with E-state index >= 15 is 0 Å². The smallest absolute Gasteiger partial charge is 0.101 e. The van der Waals surface area contributed by atoms with Crippen molar-refractivity contribution in [2.24, 2.45) is 0 Å². The van der Waals surface area contributed by atoms with Gasteiger partial charge in [-0.15, -0.1) is 0 Å². The average Bonchev–Trinajstić information content (AvgIpc) is 2.64. The maximum atomic E-state index is 8.86. The topological polar surface area (TPSA) is 41.6 Å². The zero-order valence-electron chi connectivity index (χ0n) is 10.7. The molecule has 0 atom stereocenters. The molecule has 0 saturated carbocycles. The van der Waals surface area contributed by atoms with E-state index in [1.807, 2.05) is 24.6 Å². The highest BCUT2D eigenvalue weighted by Gasteiger charge is 2.12. The number of hydrogen-bond donors (Lipinski definition) is 0.